The predicted molar refractivity (Wildman–Crippen MR) is 214 cm³/mol. The lowest BCUT2D eigenvalue weighted by molar-refractivity contribution is 0.669. The van der Waals surface area contributed by atoms with Gasteiger partial charge in [0.1, 0.15) is 11.2 Å². The molecule has 1 aliphatic rings. The predicted octanol–water partition coefficient (Wildman–Crippen LogP) is 12.5. The van der Waals surface area contributed by atoms with Crippen molar-refractivity contribution >= 4 is 38.8 Å². The molecule has 1 atom stereocenters. The molecule has 0 aliphatic heterocycles. The highest BCUT2D eigenvalue weighted by molar-refractivity contribution is 6.15. The number of nitrogens with zero attached hydrogens (tertiary/aromatic N) is 3. The number of benzene rings is 7. The molecule has 1 unspecified atom stereocenters. The van der Waals surface area contributed by atoms with Crippen LogP contribution >= 0.6 is 0 Å². The fourth-order valence-corrected chi connectivity index (χ4v) is 7.70. The van der Waals surface area contributed by atoms with E-state index in [1.54, 1.807) is 0 Å². The van der Waals surface area contributed by atoms with E-state index in [2.05, 4.69) is 153 Å². The average Bonchev–Trinajstić information content (AvgIpc) is 3.59. The minimum Gasteiger partial charge on any atom is -0.456 e. The molecule has 0 bridgehead atoms. The van der Waals surface area contributed by atoms with Gasteiger partial charge in [0.2, 0.25) is 0 Å². The molecule has 0 N–H and O–H groups in total. The second-order valence-corrected chi connectivity index (χ2v) is 13.7. The van der Waals surface area contributed by atoms with Gasteiger partial charge in [0, 0.05) is 27.5 Å². The van der Waals surface area contributed by atoms with Crippen molar-refractivity contribution in [3.05, 3.63) is 169 Å². The van der Waals surface area contributed by atoms with Crippen molar-refractivity contribution in [2.45, 2.75) is 13.3 Å². The van der Waals surface area contributed by atoms with Gasteiger partial charge >= 0.3 is 0 Å². The summed E-state index contributed by atoms with van der Waals surface area (Å²) >= 11 is 0. The Balaban J connectivity index is 1.20. The van der Waals surface area contributed by atoms with Crippen LogP contribution in [0.3, 0.4) is 0 Å². The molecule has 246 valence electrons. The molecule has 2 aromatic heterocycles. The number of aromatic nitrogens is 3. The van der Waals surface area contributed by atoms with Gasteiger partial charge in [-0.25, -0.2) is 15.0 Å². The maximum atomic E-state index is 6.41. The molecule has 2 heterocycles. The molecule has 0 saturated carbocycles. The molecule has 0 spiro atoms. The van der Waals surface area contributed by atoms with E-state index in [4.69, 9.17) is 19.4 Å². The lowest BCUT2D eigenvalue weighted by atomic mass is 9.85. The van der Waals surface area contributed by atoms with Gasteiger partial charge in [-0.1, -0.05) is 146 Å². The summed E-state index contributed by atoms with van der Waals surface area (Å²) in [4.78, 5) is 15.7. The third-order valence-electron chi connectivity index (χ3n) is 10.3. The zero-order chi connectivity index (χ0) is 34.6. The Morgan fingerprint density at radius 3 is 2.08 bits per heavy atom. The van der Waals surface area contributed by atoms with Crippen molar-refractivity contribution in [1.29, 1.82) is 0 Å². The highest BCUT2D eigenvalue weighted by Crippen LogP contribution is 2.42. The van der Waals surface area contributed by atoms with Crippen molar-refractivity contribution in [2.24, 2.45) is 5.92 Å². The number of hydrogen-bond acceptors (Lipinski definition) is 4. The summed E-state index contributed by atoms with van der Waals surface area (Å²) in [5.74, 6) is 2.36. The van der Waals surface area contributed by atoms with Crippen LogP contribution in [0.1, 0.15) is 18.1 Å². The normalized spacial score (nSPS) is 13.9. The van der Waals surface area contributed by atoms with Gasteiger partial charge in [0.25, 0.3) is 0 Å². The largest absolute Gasteiger partial charge is 0.456 e. The Bertz CT molecular complexity index is 2830. The molecule has 0 saturated heterocycles. The molecule has 10 rings (SSSR count). The van der Waals surface area contributed by atoms with E-state index in [1.807, 2.05) is 18.2 Å². The van der Waals surface area contributed by atoms with Gasteiger partial charge in [0.15, 0.2) is 17.5 Å². The number of fused-ring (bicyclic) bond motifs is 5. The van der Waals surface area contributed by atoms with E-state index in [0.717, 1.165) is 61.6 Å². The second kappa shape index (κ2) is 12.3. The standard InChI is InChI=1S/C48H33N3O/c1-30-18-19-33-14-9-16-38(41(33)28-30)34-21-23-35(24-22-34)46-49-47(37-25-20-31-10-5-6-13-36(31)29-37)51-48(50-46)45-39(32-11-3-2-4-12-32)26-27-43-44(45)40-15-7-8-17-42(40)52-43/h2-27,29-30H,28H2,1H3. The molecule has 4 heteroatoms. The summed E-state index contributed by atoms with van der Waals surface area (Å²) in [7, 11) is 0. The summed E-state index contributed by atoms with van der Waals surface area (Å²) in [5, 5.41) is 4.33. The minimum absolute atomic E-state index is 0.516. The first-order valence-electron chi connectivity index (χ1n) is 17.8. The Hall–Kier alpha value is -6.65. The monoisotopic (exact) mass is 667 g/mol. The number of allylic oxidation sites excluding steroid dienone is 1. The number of furan rings is 1. The van der Waals surface area contributed by atoms with E-state index in [1.165, 1.54) is 27.6 Å². The number of hydrogen-bond donors (Lipinski definition) is 0. The van der Waals surface area contributed by atoms with Gasteiger partial charge in [-0.15, -0.1) is 0 Å². The molecule has 0 amide bonds. The first-order valence-corrected chi connectivity index (χ1v) is 17.8. The summed E-state index contributed by atoms with van der Waals surface area (Å²) < 4.78 is 6.41. The zero-order valence-electron chi connectivity index (χ0n) is 28.6. The lowest BCUT2D eigenvalue weighted by Gasteiger charge is -2.19. The maximum Gasteiger partial charge on any atom is 0.165 e. The van der Waals surface area contributed by atoms with E-state index in [9.17, 15) is 0 Å². The topological polar surface area (TPSA) is 51.8 Å². The highest BCUT2D eigenvalue weighted by Gasteiger charge is 2.22. The van der Waals surface area contributed by atoms with Crippen LogP contribution in [-0.2, 0) is 6.42 Å². The van der Waals surface area contributed by atoms with E-state index < -0.39 is 0 Å². The maximum absolute atomic E-state index is 6.41. The minimum atomic E-state index is 0.516. The van der Waals surface area contributed by atoms with E-state index >= 15 is 0 Å². The van der Waals surface area contributed by atoms with Crippen LogP contribution in [0.4, 0.5) is 0 Å². The summed E-state index contributed by atoms with van der Waals surface area (Å²) in [5.41, 5.74) is 11.7. The summed E-state index contributed by atoms with van der Waals surface area (Å²) in [6, 6.07) is 52.9. The molecule has 4 nitrogen and oxygen atoms in total. The first kappa shape index (κ1) is 30.2. The van der Waals surface area contributed by atoms with Crippen molar-refractivity contribution in [3.8, 4) is 56.4 Å². The Morgan fingerprint density at radius 2 is 1.21 bits per heavy atom. The Labute approximate surface area is 301 Å². The first-order chi connectivity index (χ1) is 25.7. The smallest absolute Gasteiger partial charge is 0.165 e. The van der Waals surface area contributed by atoms with Crippen LogP contribution in [0.15, 0.2) is 162 Å². The van der Waals surface area contributed by atoms with Gasteiger partial charge in [-0.3, -0.25) is 0 Å². The average molecular weight is 668 g/mol. The molecule has 9 aromatic rings. The molecular weight excluding hydrogens is 635 g/mol. The molecule has 0 radical (unpaired) electrons. The van der Waals surface area contributed by atoms with Crippen LogP contribution in [0, 0.1) is 5.92 Å². The Kier molecular flexibility index (Phi) is 7.14. The molecular formula is C48H33N3O. The van der Waals surface area contributed by atoms with Crippen LogP contribution in [0.2, 0.25) is 0 Å². The molecule has 52 heavy (non-hydrogen) atoms. The van der Waals surface area contributed by atoms with Crippen LogP contribution < -0.4 is 0 Å². The van der Waals surface area contributed by atoms with Crippen LogP contribution in [0.5, 0.6) is 0 Å². The van der Waals surface area contributed by atoms with Crippen LogP contribution in [-0.4, -0.2) is 15.0 Å². The SMILES string of the molecule is CC1C=Cc2cccc(-c3ccc(-c4nc(-c5ccc6ccccc6c5)nc(-c5c(-c6ccccc6)ccc6oc7ccccc7c56)n4)cc3)c2C1. The van der Waals surface area contributed by atoms with Crippen molar-refractivity contribution in [1.82, 2.24) is 15.0 Å². The van der Waals surface area contributed by atoms with Crippen LogP contribution in [0.25, 0.3) is 95.2 Å². The van der Waals surface area contributed by atoms with Gasteiger partial charge in [0.05, 0.1) is 0 Å². The van der Waals surface area contributed by atoms with Crippen molar-refractivity contribution in [3.63, 3.8) is 0 Å². The third-order valence-corrected chi connectivity index (χ3v) is 10.3. The van der Waals surface area contributed by atoms with E-state index in [-0.39, 0.29) is 0 Å². The van der Waals surface area contributed by atoms with E-state index in [0.29, 0.717) is 23.4 Å². The third kappa shape index (κ3) is 5.19. The lowest BCUT2D eigenvalue weighted by Crippen LogP contribution is -2.05. The zero-order valence-corrected chi connectivity index (χ0v) is 28.6. The van der Waals surface area contributed by atoms with Crippen molar-refractivity contribution < 1.29 is 4.42 Å². The molecule has 7 aromatic carbocycles. The van der Waals surface area contributed by atoms with Gasteiger partial charge < -0.3 is 4.42 Å². The highest BCUT2D eigenvalue weighted by atomic mass is 16.3. The number of para-hydroxylation sites is 1. The second-order valence-electron chi connectivity index (χ2n) is 13.7. The van der Waals surface area contributed by atoms with Crippen molar-refractivity contribution in [2.75, 3.05) is 0 Å². The molecule has 1 aliphatic carbocycles. The van der Waals surface area contributed by atoms with Gasteiger partial charge in [-0.2, -0.15) is 0 Å². The summed E-state index contributed by atoms with van der Waals surface area (Å²) in [6.07, 6.45) is 5.60. The fraction of sp³-hybridized carbons (Fsp3) is 0.0625. The molecule has 0 fully saturated rings. The Morgan fingerprint density at radius 1 is 0.519 bits per heavy atom. The fourth-order valence-electron chi connectivity index (χ4n) is 7.70. The quantitative estimate of drug-likeness (QED) is 0.183. The number of rotatable bonds is 5. The summed E-state index contributed by atoms with van der Waals surface area (Å²) in [6.45, 7) is 2.28. The van der Waals surface area contributed by atoms with Gasteiger partial charge in [-0.05, 0) is 80.8 Å².